The number of nitrogens with one attached hydrogen (secondary N) is 2. The van der Waals surface area contributed by atoms with Crippen molar-refractivity contribution in [2.75, 3.05) is 0 Å². The number of amidine groups is 1. The van der Waals surface area contributed by atoms with Gasteiger partial charge in [0, 0.05) is 6.92 Å². The van der Waals surface area contributed by atoms with Gasteiger partial charge in [-0.15, -0.1) is 0 Å². The van der Waals surface area contributed by atoms with Crippen LogP contribution in [0.3, 0.4) is 0 Å². The van der Waals surface area contributed by atoms with E-state index in [-0.39, 0.29) is 5.91 Å². The van der Waals surface area contributed by atoms with Crippen LogP contribution >= 0.6 is 11.8 Å². The van der Waals surface area contributed by atoms with E-state index >= 15 is 0 Å². The van der Waals surface area contributed by atoms with Crippen LogP contribution in [0, 0.1) is 5.92 Å². The number of nitrogens with zero attached hydrogens (tertiary/aromatic N) is 1. The summed E-state index contributed by atoms with van der Waals surface area (Å²) >= 11 is 1.62. The number of carbonyl (C=O) groups excluding carboxylic acids is 1. The van der Waals surface area contributed by atoms with Crippen LogP contribution in [0.25, 0.3) is 0 Å². The molecule has 1 saturated carbocycles. The Morgan fingerprint density at radius 2 is 2.50 bits per heavy atom. The summed E-state index contributed by atoms with van der Waals surface area (Å²) in [6.07, 6.45) is 2.57. The molecule has 1 fully saturated rings. The molecule has 66 valence electrons. The van der Waals surface area contributed by atoms with Crippen molar-refractivity contribution in [2.24, 2.45) is 11.0 Å². The van der Waals surface area contributed by atoms with Crippen LogP contribution < -0.4 is 10.7 Å². The second kappa shape index (κ2) is 2.97. The average molecular weight is 185 g/mol. The zero-order valence-corrected chi connectivity index (χ0v) is 7.65. The van der Waals surface area contributed by atoms with Gasteiger partial charge < -0.3 is 5.32 Å². The third kappa shape index (κ3) is 1.72. The third-order valence-electron chi connectivity index (χ3n) is 1.87. The Bertz CT molecular complexity index is 237. The maximum absolute atomic E-state index is 10.7. The van der Waals surface area contributed by atoms with Crippen LogP contribution in [-0.2, 0) is 4.79 Å². The summed E-state index contributed by atoms with van der Waals surface area (Å²) in [6.45, 7) is 1.49. The van der Waals surface area contributed by atoms with Crippen molar-refractivity contribution in [2.45, 2.75) is 25.1 Å². The minimum Gasteiger partial charge on any atom is -0.304 e. The Hall–Kier alpha value is -0.710. The summed E-state index contributed by atoms with van der Waals surface area (Å²) < 4.78 is 0. The Kier molecular flexibility index (Phi) is 1.96. The fourth-order valence-electron chi connectivity index (χ4n) is 1.10. The first-order chi connectivity index (χ1) is 5.75. The molecule has 2 rings (SSSR count). The molecule has 0 spiro atoms. The molecule has 1 aliphatic heterocycles. The molecule has 12 heavy (non-hydrogen) atoms. The molecule has 0 aromatic heterocycles. The van der Waals surface area contributed by atoms with E-state index in [0.29, 0.717) is 10.5 Å². The van der Waals surface area contributed by atoms with Gasteiger partial charge in [-0.3, -0.25) is 10.2 Å². The van der Waals surface area contributed by atoms with E-state index in [1.165, 1.54) is 19.8 Å². The van der Waals surface area contributed by atoms with E-state index in [0.717, 1.165) is 5.92 Å². The van der Waals surface area contributed by atoms with Gasteiger partial charge >= 0.3 is 0 Å². The Morgan fingerprint density at radius 3 is 3.08 bits per heavy atom. The van der Waals surface area contributed by atoms with Gasteiger partial charge in [-0.1, -0.05) is 11.8 Å². The minimum absolute atomic E-state index is 0.0560. The van der Waals surface area contributed by atoms with Gasteiger partial charge in [0.15, 0.2) is 5.17 Å². The van der Waals surface area contributed by atoms with Gasteiger partial charge in [0.05, 0.1) is 5.37 Å². The van der Waals surface area contributed by atoms with Gasteiger partial charge in [0.2, 0.25) is 5.91 Å². The monoisotopic (exact) mass is 185 g/mol. The summed E-state index contributed by atoms with van der Waals surface area (Å²) in [4.78, 5) is 10.7. The molecule has 1 amide bonds. The van der Waals surface area contributed by atoms with Crippen molar-refractivity contribution in [1.29, 1.82) is 0 Å². The number of hydrogen-bond donors (Lipinski definition) is 2. The molecule has 2 aliphatic rings. The molecular weight excluding hydrogens is 174 g/mol. The quantitative estimate of drug-likeness (QED) is 0.624. The third-order valence-corrected chi connectivity index (χ3v) is 3.03. The first kappa shape index (κ1) is 7.91. The summed E-state index contributed by atoms with van der Waals surface area (Å²) in [5, 5.41) is 7.79. The standard InChI is InChI=1S/C7H11N3OS/c1-4(11)8-7-10-9-6(12-7)5-2-3-5/h5-6,9H,2-3H2,1H3,(H,8,10,11). The zero-order valence-electron chi connectivity index (χ0n) is 6.83. The summed E-state index contributed by atoms with van der Waals surface area (Å²) in [5.41, 5.74) is 3.01. The molecule has 1 aliphatic carbocycles. The first-order valence-corrected chi connectivity index (χ1v) is 4.91. The fraction of sp³-hybridized carbons (Fsp3) is 0.714. The molecule has 1 heterocycles. The molecule has 0 saturated heterocycles. The predicted octanol–water partition coefficient (Wildman–Crippen LogP) is 0.466. The molecule has 0 aromatic carbocycles. The zero-order chi connectivity index (χ0) is 8.55. The average Bonchev–Trinajstić information content (AvgIpc) is 2.73. The molecule has 1 unspecified atom stereocenters. The van der Waals surface area contributed by atoms with E-state index < -0.39 is 0 Å². The maximum Gasteiger partial charge on any atom is 0.222 e. The highest BCUT2D eigenvalue weighted by Gasteiger charge is 2.35. The smallest absolute Gasteiger partial charge is 0.222 e. The van der Waals surface area contributed by atoms with E-state index in [2.05, 4.69) is 15.8 Å². The van der Waals surface area contributed by atoms with Crippen molar-refractivity contribution in [3.05, 3.63) is 0 Å². The molecule has 2 N–H and O–H groups in total. The topological polar surface area (TPSA) is 53.5 Å². The van der Waals surface area contributed by atoms with E-state index in [1.807, 2.05) is 0 Å². The van der Waals surface area contributed by atoms with Gasteiger partial charge in [-0.05, 0) is 18.8 Å². The van der Waals surface area contributed by atoms with Crippen LogP contribution in [0.15, 0.2) is 5.10 Å². The Balaban J connectivity index is 1.82. The number of thioether (sulfide) groups is 1. The number of hydrazone groups is 1. The van der Waals surface area contributed by atoms with E-state index in [9.17, 15) is 4.79 Å². The maximum atomic E-state index is 10.7. The molecule has 1 atom stereocenters. The fourth-order valence-corrected chi connectivity index (χ4v) is 2.22. The van der Waals surface area contributed by atoms with Gasteiger partial charge in [0.1, 0.15) is 0 Å². The predicted molar refractivity (Wildman–Crippen MR) is 48.5 cm³/mol. The normalized spacial score (nSPS) is 27.8. The lowest BCUT2D eigenvalue weighted by molar-refractivity contribution is -0.117. The van der Waals surface area contributed by atoms with Crippen molar-refractivity contribution in [3.63, 3.8) is 0 Å². The summed E-state index contributed by atoms with van der Waals surface area (Å²) in [7, 11) is 0. The van der Waals surface area contributed by atoms with Gasteiger partial charge in [0.25, 0.3) is 0 Å². The van der Waals surface area contributed by atoms with Gasteiger partial charge in [-0.2, -0.15) is 5.10 Å². The Morgan fingerprint density at radius 1 is 1.75 bits per heavy atom. The molecule has 0 radical (unpaired) electrons. The number of carbonyl (C=O) groups is 1. The second-order valence-electron chi connectivity index (χ2n) is 3.10. The molecule has 0 aromatic rings. The van der Waals surface area contributed by atoms with Crippen molar-refractivity contribution in [3.8, 4) is 0 Å². The lowest BCUT2D eigenvalue weighted by Crippen LogP contribution is -2.24. The minimum atomic E-state index is -0.0560. The highest BCUT2D eigenvalue weighted by atomic mass is 32.2. The molecule has 0 bridgehead atoms. The number of hydrogen-bond acceptors (Lipinski definition) is 4. The summed E-state index contributed by atoms with van der Waals surface area (Å²) in [5.74, 6) is 0.699. The lowest BCUT2D eigenvalue weighted by atomic mass is 10.4. The van der Waals surface area contributed by atoms with Crippen molar-refractivity contribution in [1.82, 2.24) is 10.7 Å². The van der Waals surface area contributed by atoms with Crippen LogP contribution in [0.1, 0.15) is 19.8 Å². The van der Waals surface area contributed by atoms with Crippen LogP contribution in [0.2, 0.25) is 0 Å². The lowest BCUT2D eigenvalue weighted by Gasteiger charge is -2.04. The van der Waals surface area contributed by atoms with Gasteiger partial charge in [-0.25, -0.2) is 0 Å². The van der Waals surface area contributed by atoms with Crippen molar-refractivity contribution < 1.29 is 4.79 Å². The largest absolute Gasteiger partial charge is 0.304 e. The van der Waals surface area contributed by atoms with Crippen LogP contribution in [0.4, 0.5) is 0 Å². The highest BCUT2D eigenvalue weighted by Crippen LogP contribution is 2.39. The SMILES string of the molecule is CC(=O)NC1=NNC(C2CC2)S1. The first-order valence-electron chi connectivity index (χ1n) is 4.03. The highest BCUT2D eigenvalue weighted by molar-refractivity contribution is 8.14. The van der Waals surface area contributed by atoms with Crippen LogP contribution in [-0.4, -0.2) is 16.4 Å². The molecule has 4 nitrogen and oxygen atoms in total. The molecule has 5 heteroatoms. The number of rotatable bonds is 1. The van der Waals surface area contributed by atoms with E-state index in [4.69, 9.17) is 0 Å². The summed E-state index contributed by atoms with van der Waals surface area (Å²) in [6, 6.07) is 0. The second-order valence-corrected chi connectivity index (χ2v) is 4.23. The Labute approximate surface area is 75.2 Å². The molecular formula is C7H11N3OS. The number of amides is 1. The van der Waals surface area contributed by atoms with E-state index in [1.54, 1.807) is 11.8 Å². The van der Waals surface area contributed by atoms with Crippen LogP contribution in [0.5, 0.6) is 0 Å². The van der Waals surface area contributed by atoms with Crippen molar-refractivity contribution >= 4 is 22.8 Å².